The summed E-state index contributed by atoms with van der Waals surface area (Å²) in [5, 5.41) is 13.2. The molecule has 4 rings (SSSR count). The van der Waals surface area contributed by atoms with E-state index in [1.807, 2.05) is 18.2 Å². The summed E-state index contributed by atoms with van der Waals surface area (Å²) in [4.78, 5) is 12.5. The van der Waals surface area contributed by atoms with Crippen molar-refractivity contribution in [1.82, 2.24) is 5.01 Å². The molecule has 160 valence electrons. The van der Waals surface area contributed by atoms with Crippen LogP contribution < -0.4 is 4.74 Å². The number of alkyl halides is 4. The Hall–Kier alpha value is -2.88. The number of aryl methyl sites for hydroxylation is 2. The summed E-state index contributed by atoms with van der Waals surface area (Å²) >= 11 is 0. The molecule has 6 nitrogen and oxygen atoms in total. The Morgan fingerprint density at radius 1 is 1.20 bits per heavy atom. The lowest BCUT2D eigenvalue weighted by atomic mass is 10.1. The van der Waals surface area contributed by atoms with Gasteiger partial charge in [0.2, 0.25) is 5.72 Å². The third kappa shape index (κ3) is 3.67. The van der Waals surface area contributed by atoms with Crippen LogP contribution in [0.2, 0.25) is 0 Å². The van der Waals surface area contributed by atoms with E-state index in [4.69, 9.17) is 9.15 Å². The third-order valence-corrected chi connectivity index (χ3v) is 5.15. The van der Waals surface area contributed by atoms with Crippen LogP contribution >= 0.6 is 0 Å². The van der Waals surface area contributed by atoms with E-state index < -0.39 is 42.4 Å². The van der Waals surface area contributed by atoms with Crippen molar-refractivity contribution in [3.05, 3.63) is 53.0 Å². The minimum Gasteiger partial charge on any atom is -0.486 e. The van der Waals surface area contributed by atoms with E-state index in [1.54, 1.807) is 0 Å². The summed E-state index contributed by atoms with van der Waals surface area (Å²) in [6.45, 7) is -0.0310. The number of hydrogen-bond acceptors (Lipinski definition) is 5. The minimum atomic E-state index is -3.50. The number of furan rings is 1. The molecule has 2 aliphatic rings. The van der Waals surface area contributed by atoms with E-state index in [0.29, 0.717) is 5.75 Å². The molecule has 1 aromatic heterocycles. The van der Waals surface area contributed by atoms with E-state index in [0.717, 1.165) is 19.3 Å². The normalized spacial score (nSPS) is 20.8. The molecule has 2 aromatic rings. The van der Waals surface area contributed by atoms with Crippen molar-refractivity contribution in [2.75, 3.05) is 0 Å². The number of rotatable bonds is 6. The Bertz CT molecular complexity index is 991. The molecular weight excluding hydrogens is 408 g/mol. The molecule has 30 heavy (non-hydrogen) atoms. The van der Waals surface area contributed by atoms with Gasteiger partial charge in [-0.15, -0.1) is 0 Å². The molecule has 0 saturated heterocycles. The molecule has 1 N–H and O–H groups in total. The van der Waals surface area contributed by atoms with E-state index in [1.165, 1.54) is 23.3 Å². The summed E-state index contributed by atoms with van der Waals surface area (Å²) in [5.74, 6) is -0.840. The van der Waals surface area contributed by atoms with Crippen molar-refractivity contribution in [2.45, 2.75) is 50.9 Å². The molecule has 1 amide bonds. The first-order valence-corrected chi connectivity index (χ1v) is 9.32. The second-order valence-electron chi connectivity index (χ2n) is 7.20. The standard InChI is InChI=1S/C20H18F4N2O4/c21-17(22)15-9-20(28,19(23)24)26(25-15)18(27)16-7-6-14(30-16)10-29-13-5-4-11-2-1-3-12(11)8-13/h4-8,17,19,28H,1-3,9-10H2/t20-/m1/s1. The van der Waals surface area contributed by atoms with Gasteiger partial charge in [-0.3, -0.25) is 4.79 Å². The lowest BCUT2D eigenvalue weighted by Gasteiger charge is -2.29. The van der Waals surface area contributed by atoms with Gasteiger partial charge in [0, 0.05) is 6.42 Å². The molecule has 1 aliphatic carbocycles. The van der Waals surface area contributed by atoms with Crippen LogP contribution in [0.4, 0.5) is 17.6 Å². The van der Waals surface area contributed by atoms with Gasteiger partial charge in [-0.25, -0.2) is 17.6 Å². The first-order valence-electron chi connectivity index (χ1n) is 9.32. The number of carbonyl (C=O) groups excluding carboxylic acids is 1. The monoisotopic (exact) mass is 426 g/mol. The average Bonchev–Trinajstić information content (AvgIpc) is 3.44. The molecule has 0 spiro atoms. The molecule has 0 radical (unpaired) electrons. The summed E-state index contributed by atoms with van der Waals surface area (Å²) in [6.07, 6.45) is -4.71. The van der Waals surface area contributed by atoms with Crippen LogP contribution in [-0.2, 0) is 19.4 Å². The summed E-state index contributed by atoms with van der Waals surface area (Å²) < 4.78 is 63.3. The van der Waals surface area contributed by atoms with Crippen LogP contribution in [0.25, 0.3) is 0 Å². The first kappa shape index (κ1) is 20.4. The highest BCUT2D eigenvalue weighted by Crippen LogP contribution is 2.34. The van der Waals surface area contributed by atoms with Gasteiger partial charge in [0.1, 0.15) is 23.8 Å². The Morgan fingerprint density at radius 2 is 1.97 bits per heavy atom. The maximum absolute atomic E-state index is 13.3. The zero-order valence-electron chi connectivity index (χ0n) is 15.7. The van der Waals surface area contributed by atoms with Crippen molar-refractivity contribution < 1.29 is 36.6 Å². The number of halogens is 4. The van der Waals surface area contributed by atoms with E-state index in [9.17, 15) is 27.5 Å². The quantitative estimate of drug-likeness (QED) is 0.714. The van der Waals surface area contributed by atoms with Crippen LogP contribution in [0.15, 0.2) is 39.9 Å². The van der Waals surface area contributed by atoms with Gasteiger partial charge >= 0.3 is 5.91 Å². The van der Waals surface area contributed by atoms with Gasteiger partial charge in [0.25, 0.3) is 12.9 Å². The van der Waals surface area contributed by atoms with Gasteiger partial charge in [0.05, 0.1) is 0 Å². The first-order chi connectivity index (χ1) is 14.3. The molecular formula is C20H18F4N2O4. The van der Waals surface area contributed by atoms with Gasteiger partial charge in [-0.1, -0.05) is 6.07 Å². The van der Waals surface area contributed by atoms with Crippen LogP contribution in [0.1, 0.15) is 40.3 Å². The highest BCUT2D eigenvalue weighted by Gasteiger charge is 2.54. The lowest BCUT2D eigenvalue weighted by molar-refractivity contribution is -0.164. The number of benzene rings is 1. The number of hydrazone groups is 1. The second kappa shape index (κ2) is 7.75. The fourth-order valence-corrected chi connectivity index (χ4v) is 3.57. The number of aliphatic hydroxyl groups is 1. The smallest absolute Gasteiger partial charge is 0.312 e. The molecule has 10 heteroatoms. The van der Waals surface area contributed by atoms with Crippen molar-refractivity contribution in [1.29, 1.82) is 0 Å². The van der Waals surface area contributed by atoms with Crippen molar-refractivity contribution in [3.63, 3.8) is 0 Å². The Morgan fingerprint density at radius 3 is 2.70 bits per heavy atom. The van der Waals surface area contributed by atoms with E-state index in [-0.39, 0.29) is 17.4 Å². The fourth-order valence-electron chi connectivity index (χ4n) is 3.57. The predicted octanol–water partition coefficient (Wildman–Crippen LogP) is 3.77. The highest BCUT2D eigenvalue weighted by molar-refractivity contribution is 5.97. The number of hydrogen-bond donors (Lipinski definition) is 1. The lowest BCUT2D eigenvalue weighted by Crippen LogP contribution is -2.51. The molecule has 2 heterocycles. The fraction of sp³-hybridized carbons (Fsp3) is 0.400. The number of carbonyl (C=O) groups is 1. The average molecular weight is 426 g/mol. The number of nitrogens with zero attached hydrogens (tertiary/aromatic N) is 2. The van der Waals surface area contributed by atoms with Gasteiger partial charge in [-0.05, 0) is 54.7 Å². The summed E-state index contributed by atoms with van der Waals surface area (Å²) in [7, 11) is 0. The summed E-state index contributed by atoms with van der Waals surface area (Å²) in [5.41, 5.74) is -1.65. The molecule has 1 aromatic carbocycles. The Kier molecular flexibility index (Phi) is 5.27. The number of ether oxygens (including phenoxy) is 1. The topological polar surface area (TPSA) is 75.3 Å². The number of amides is 1. The Balaban J connectivity index is 1.47. The van der Waals surface area contributed by atoms with Crippen LogP contribution in [-0.4, -0.2) is 40.3 Å². The molecule has 0 bridgehead atoms. The van der Waals surface area contributed by atoms with Crippen molar-refractivity contribution in [3.8, 4) is 5.75 Å². The molecule has 0 unspecified atom stereocenters. The van der Waals surface area contributed by atoms with Crippen molar-refractivity contribution in [2.24, 2.45) is 5.10 Å². The minimum absolute atomic E-state index is 0.0310. The SMILES string of the molecule is O=C(c1ccc(COc2ccc3c(c2)CCC3)o1)N1N=C(C(F)F)C[C@@]1(O)C(F)F. The van der Waals surface area contributed by atoms with Crippen LogP contribution in [0, 0.1) is 0 Å². The molecule has 0 fully saturated rings. The molecule has 1 atom stereocenters. The predicted molar refractivity (Wildman–Crippen MR) is 96.7 cm³/mol. The maximum Gasteiger partial charge on any atom is 0.312 e. The van der Waals surface area contributed by atoms with Crippen LogP contribution in [0.3, 0.4) is 0 Å². The molecule has 0 saturated carbocycles. The Labute approximate surface area is 168 Å². The largest absolute Gasteiger partial charge is 0.486 e. The zero-order valence-corrected chi connectivity index (χ0v) is 15.7. The van der Waals surface area contributed by atoms with Crippen molar-refractivity contribution >= 4 is 11.6 Å². The van der Waals surface area contributed by atoms with Gasteiger partial charge in [-0.2, -0.15) is 10.1 Å². The van der Waals surface area contributed by atoms with E-state index >= 15 is 0 Å². The zero-order chi connectivity index (χ0) is 21.5. The maximum atomic E-state index is 13.3. The molecule has 1 aliphatic heterocycles. The van der Waals surface area contributed by atoms with Crippen LogP contribution in [0.5, 0.6) is 5.75 Å². The van der Waals surface area contributed by atoms with Gasteiger partial charge < -0.3 is 14.3 Å². The van der Waals surface area contributed by atoms with Gasteiger partial charge in [0.15, 0.2) is 5.76 Å². The summed E-state index contributed by atoms with van der Waals surface area (Å²) in [6, 6.07) is 8.34. The highest BCUT2D eigenvalue weighted by atomic mass is 19.3. The third-order valence-electron chi connectivity index (χ3n) is 5.15. The van der Waals surface area contributed by atoms with E-state index in [2.05, 4.69) is 5.10 Å². The second-order valence-corrected chi connectivity index (χ2v) is 7.20. The number of fused-ring (bicyclic) bond motifs is 1.